The van der Waals surface area contributed by atoms with Crippen molar-refractivity contribution in [1.29, 1.82) is 0 Å². The quantitative estimate of drug-likeness (QED) is 0.746. The van der Waals surface area contributed by atoms with Gasteiger partial charge in [0, 0.05) is 13.0 Å². The van der Waals surface area contributed by atoms with Crippen LogP contribution in [-0.2, 0) is 14.4 Å². The minimum Gasteiger partial charge on any atom is -0.497 e. The third kappa shape index (κ3) is 5.25. The van der Waals surface area contributed by atoms with E-state index in [0.29, 0.717) is 13.0 Å². The van der Waals surface area contributed by atoms with Crippen LogP contribution in [0.25, 0.3) is 0 Å². The van der Waals surface area contributed by atoms with Crippen molar-refractivity contribution < 1.29 is 19.2 Å². The van der Waals surface area contributed by atoms with Crippen molar-refractivity contribution >= 4 is 11.8 Å². The Morgan fingerprint density at radius 2 is 1.78 bits per heavy atom. The van der Waals surface area contributed by atoms with Gasteiger partial charge in [0.15, 0.2) is 0 Å². The first-order chi connectivity index (χ1) is 10.9. The SMILES string of the molecule is CCC(=O)N(CC(C)C(=O)NOC)[C@@H](C)c1ccc(OC)cc1. The number of benzene rings is 1. The Hall–Kier alpha value is -2.08. The molecule has 1 aromatic carbocycles. The first kappa shape index (κ1) is 19.0. The Bertz CT molecular complexity index is 516. The van der Waals surface area contributed by atoms with Gasteiger partial charge in [-0.2, -0.15) is 0 Å². The zero-order chi connectivity index (χ0) is 17.4. The first-order valence-corrected chi connectivity index (χ1v) is 7.70. The topological polar surface area (TPSA) is 67.9 Å². The minimum atomic E-state index is -0.369. The number of amides is 2. The number of nitrogens with zero attached hydrogens (tertiary/aromatic N) is 1. The van der Waals surface area contributed by atoms with E-state index in [0.717, 1.165) is 11.3 Å². The Morgan fingerprint density at radius 3 is 2.26 bits per heavy atom. The van der Waals surface area contributed by atoms with E-state index in [1.807, 2.05) is 38.1 Å². The first-order valence-electron chi connectivity index (χ1n) is 7.70. The van der Waals surface area contributed by atoms with Crippen LogP contribution < -0.4 is 10.2 Å². The third-order valence-electron chi connectivity index (χ3n) is 3.81. The lowest BCUT2D eigenvalue weighted by Crippen LogP contribution is -2.41. The number of rotatable bonds is 8. The van der Waals surface area contributed by atoms with Crippen LogP contribution >= 0.6 is 0 Å². The molecule has 0 aliphatic rings. The number of hydrogen-bond donors (Lipinski definition) is 1. The summed E-state index contributed by atoms with van der Waals surface area (Å²) in [6.07, 6.45) is 0.388. The van der Waals surface area contributed by atoms with Crippen LogP contribution in [0.3, 0.4) is 0 Å². The molecule has 23 heavy (non-hydrogen) atoms. The van der Waals surface area contributed by atoms with Crippen molar-refractivity contribution in [2.24, 2.45) is 5.92 Å². The highest BCUT2D eigenvalue weighted by atomic mass is 16.6. The van der Waals surface area contributed by atoms with Crippen molar-refractivity contribution in [1.82, 2.24) is 10.4 Å². The van der Waals surface area contributed by atoms with Gasteiger partial charge in [0.2, 0.25) is 11.8 Å². The van der Waals surface area contributed by atoms with Crippen molar-refractivity contribution in [3.63, 3.8) is 0 Å². The number of carbonyl (C=O) groups is 2. The molecule has 0 radical (unpaired) electrons. The van der Waals surface area contributed by atoms with Gasteiger partial charge in [-0.15, -0.1) is 0 Å². The fourth-order valence-corrected chi connectivity index (χ4v) is 2.32. The largest absolute Gasteiger partial charge is 0.497 e. The van der Waals surface area contributed by atoms with E-state index in [1.54, 1.807) is 18.9 Å². The molecule has 0 saturated heterocycles. The molecule has 6 heteroatoms. The van der Waals surface area contributed by atoms with E-state index < -0.39 is 0 Å². The Labute approximate surface area is 137 Å². The second-order valence-corrected chi connectivity index (χ2v) is 5.42. The van der Waals surface area contributed by atoms with Crippen molar-refractivity contribution in [3.05, 3.63) is 29.8 Å². The third-order valence-corrected chi connectivity index (χ3v) is 3.81. The lowest BCUT2D eigenvalue weighted by Gasteiger charge is -2.31. The normalized spacial score (nSPS) is 13.1. The minimum absolute atomic E-state index is 0.00499. The standard InChI is InChI=1S/C17H26N2O4/c1-6-16(20)19(11-12(2)17(21)18-23-5)13(3)14-7-9-15(22-4)10-8-14/h7-10,12-13H,6,11H2,1-5H3,(H,18,21)/t12?,13-/m0/s1. The molecule has 6 nitrogen and oxygen atoms in total. The molecule has 1 N–H and O–H groups in total. The predicted molar refractivity (Wildman–Crippen MR) is 87.7 cm³/mol. The second-order valence-electron chi connectivity index (χ2n) is 5.42. The molecule has 0 aliphatic heterocycles. The molecule has 0 aromatic heterocycles. The van der Waals surface area contributed by atoms with E-state index in [9.17, 15) is 9.59 Å². The van der Waals surface area contributed by atoms with Gasteiger partial charge in [0.05, 0.1) is 26.2 Å². The van der Waals surface area contributed by atoms with Crippen LogP contribution in [0.2, 0.25) is 0 Å². The molecule has 0 aliphatic carbocycles. The summed E-state index contributed by atoms with van der Waals surface area (Å²) in [6.45, 7) is 5.87. The summed E-state index contributed by atoms with van der Waals surface area (Å²) in [4.78, 5) is 30.5. The lowest BCUT2D eigenvalue weighted by atomic mass is 10.0. The van der Waals surface area contributed by atoms with Gasteiger partial charge in [0.1, 0.15) is 5.75 Å². The lowest BCUT2D eigenvalue weighted by molar-refractivity contribution is -0.139. The Balaban J connectivity index is 2.91. The average molecular weight is 322 g/mol. The van der Waals surface area contributed by atoms with Crippen LogP contribution in [-0.4, -0.2) is 37.5 Å². The van der Waals surface area contributed by atoms with E-state index in [1.165, 1.54) is 7.11 Å². The van der Waals surface area contributed by atoms with E-state index in [2.05, 4.69) is 10.3 Å². The van der Waals surface area contributed by atoms with E-state index in [-0.39, 0.29) is 23.8 Å². The molecular formula is C17H26N2O4. The summed E-state index contributed by atoms with van der Waals surface area (Å²) in [5.74, 6) is 0.155. The molecule has 1 rings (SSSR count). The number of hydroxylamine groups is 1. The highest BCUT2D eigenvalue weighted by Gasteiger charge is 2.25. The summed E-state index contributed by atoms with van der Waals surface area (Å²) in [6, 6.07) is 7.45. The van der Waals surface area contributed by atoms with Gasteiger partial charge in [-0.05, 0) is 24.6 Å². The summed E-state index contributed by atoms with van der Waals surface area (Å²) in [5, 5.41) is 0. The monoisotopic (exact) mass is 322 g/mol. The summed E-state index contributed by atoms with van der Waals surface area (Å²) in [7, 11) is 3.00. The molecule has 0 bridgehead atoms. The summed E-state index contributed by atoms with van der Waals surface area (Å²) < 4.78 is 5.15. The number of carbonyl (C=O) groups excluding carboxylic acids is 2. The maximum Gasteiger partial charge on any atom is 0.248 e. The average Bonchev–Trinajstić information content (AvgIpc) is 2.58. The Kier molecular flexibility index (Phi) is 7.54. The molecule has 0 saturated carbocycles. The number of ether oxygens (including phenoxy) is 1. The molecule has 0 fully saturated rings. The number of methoxy groups -OCH3 is 1. The van der Waals surface area contributed by atoms with Crippen molar-refractivity contribution in [2.45, 2.75) is 33.2 Å². The fourth-order valence-electron chi connectivity index (χ4n) is 2.32. The second kappa shape index (κ2) is 9.15. The van der Waals surface area contributed by atoms with Gasteiger partial charge in [-0.25, -0.2) is 5.48 Å². The van der Waals surface area contributed by atoms with Gasteiger partial charge in [-0.1, -0.05) is 26.0 Å². The number of hydrogen-bond acceptors (Lipinski definition) is 4. The van der Waals surface area contributed by atoms with E-state index >= 15 is 0 Å². The van der Waals surface area contributed by atoms with Gasteiger partial charge >= 0.3 is 0 Å². The van der Waals surface area contributed by atoms with Crippen LogP contribution in [0.5, 0.6) is 5.75 Å². The van der Waals surface area contributed by atoms with E-state index in [4.69, 9.17) is 4.74 Å². The van der Waals surface area contributed by atoms with Crippen LogP contribution in [0.1, 0.15) is 38.8 Å². The molecule has 2 amide bonds. The molecule has 1 aromatic rings. The zero-order valence-corrected chi connectivity index (χ0v) is 14.5. The van der Waals surface area contributed by atoms with Gasteiger partial charge < -0.3 is 9.64 Å². The fraction of sp³-hybridized carbons (Fsp3) is 0.529. The van der Waals surface area contributed by atoms with Crippen LogP contribution in [0.15, 0.2) is 24.3 Å². The zero-order valence-electron chi connectivity index (χ0n) is 14.5. The Morgan fingerprint density at radius 1 is 1.17 bits per heavy atom. The molecular weight excluding hydrogens is 296 g/mol. The van der Waals surface area contributed by atoms with Crippen LogP contribution in [0, 0.1) is 5.92 Å². The maximum absolute atomic E-state index is 12.3. The molecule has 0 heterocycles. The van der Waals surface area contributed by atoms with Crippen molar-refractivity contribution in [2.75, 3.05) is 20.8 Å². The predicted octanol–water partition coefficient (Wildman–Crippen LogP) is 2.31. The molecule has 0 spiro atoms. The number of nitrogens with one attached hydrogen (secondary N) is 1. The highest BCUT2D eigenvalue weighted by molar-refractivity contribution is 5.80. The summed E-state index contributed by atoms with van der Waals surface area (Å²) >= 11 is 0. The van der Waals surface area contributed by atoms with Gasteiger partial charge in [-0.3, -0.25) is 14.4 Å². The molecule has 128 valence electrons. The smallest absolute Gasteiger partial charge is 0.248 e. The van der Waals surface area contributed by atoms with Gasteiger partial charge in [0.25, 0.3) is 0 Å². The molecule has 1 unspecified atom stereocenters. The van der Waals surface area contributed by atoms with Crippen molar-refractivity contribution in [3.8, 4) is 5.75 Å². The van der Waals surface area contributed by atoms with Crippen LogP contribution in [0.4, 0.5) is 0 Å². The maximum atomic E-state index is 12.3. The molecule has 2 atom stereocenters. The highest BCUT2D eigenvalue weighted by Crippen LogP contribution is 2.24. The summed E-state index contributed by atoms with van der Waals surface area (Å²) in [5.41, 5.74) is 3.30.